The number of aliphatic carboxylic acids is 1. The van der Waals surface area contributed by atoms with Gasteiger partial charge in [-0.25, -0.2) is 4.79 Å². The summed E-state index contributed by atoms with van der Waals surface area (Å²) in [5.41, 5.74) is 0.984. The van der Waals surface area contributed by atoms with Crippen LogP contribution >= 0.6 is 11.6 Å². The van der Waals surface area contributed by atoms with E-state index in [9.17, 15) is 14.4 Å². The first-order valence-corrected chi connectivity index (χ1v) is 8.77. The number of carbonyl (C=O) groups is 3. The SMILES string of the molecule is CC(CC(=O)OCC(=O)C(=O)O)Oc1ccc(OCc2ccc(Cl)cc2)cc1. The maximum atomic E-state index is 11.6. The largest absolute Gasteiger partial charge is 0.490 e. The molecule has 2 aromatic carbocycles. The Bertz CT molecular complexity index is 815. The number of hydrogen-bond donors (Lipinski definition) is 1. The average molecular weight is 407 g/mol. The second-order valence-corrected chi connectivity index (χ2v) is 6.34. The van der Waals surface area contributed by atoms with E-state index in [4.69, 9.17) is 26.2 Å². The van der Waals surface area contributed by atoms with Crippen molar-refractivity contribution in [2.75, 3.05) is 6.61 Å². The quantitative estimate of drug-likeness (QED) is 0.477. The maximum Gasteiger partial charge on any atom is 0.375 e. The molecule has 0 fully saturated rings. The number of benzene rings is 2. The molecule has 0 aromatic heterocycles. The summed E-state index contributed by atoms with van der Waals surface area (Å²) in [6, 6.07) is 14.2. The van der Waals surface area contributed by atoms with Crippen molar-refractivity contribution in [2.45, 2.75) is 26.1 Å². The molecular formula is C20H19ClO7. The Hall–Kier alpha value is -3.06. The monoisotopic (exact) mass is 406 g/mol. The highest BCUT2D eigenvalue weighted by atomic mass is 35.5. The fourth-order valence-corrected chi connectivity index (χ4v) is 2.26. The van der Waals surface area contributed by atoms with E-state index in [0.717, 1.165) is 5.56 Å². The van der Waals surface area contributed by atoms with E-state index < -0.39 is 30.4 Å². The van der Waals surface area contributed by atoms with Crippen LogP contribution in [0.2, 0.25) is 5.02 Å². The van der Waals surface area contributed by atoms with Crippen LogP contribution in [0.5, 0.6) is 11.5 Å². The lowest BCUT2D eigenvalue weighted by atomic mass is 10.2. The number of hydrogen-bond acceptors (Lipinski definition) is 6. The zero-order valence-corrected chi connectivity index (χ0v) is 15.8. The van der Waals surface area contributed by atoms with Gasteiger partial charge in [-0.1, -0.05) is 23.7 Å². The lowest BCUT2D eigenvalue weighted by molar-refractivity contribution is -0.156. The molecule has 1 atom stereocenters. The van der Waals surface area contributed by atoms with Gasteiger partial charge in [0.2, 0.25) is 0 Å². The van der Waals surface area contributed by atoms with E-state index in [-0.39, 0.29) is 6.42 Å². The molecule has 2 aromatic rings. The standard InChI is InChI=1S/C20H19ClO7/c1-13(10-19(23)27-12-18(22)20(24)25)28-17-8-6-16(7-9-17)26-11-14-2-4-15(21)5-3-14/h2-9,13H,10-12H2,1H3,(H,24,25). The molecule has 0 saturated heterocycles. The predicted molar refractivity (Wildman–Crippen MR) is 101 cm³/mol. The van der Waals surface area contributed by atoms with Crippen LogP contribution in [-0.4, -0.2) is 35.5 Å². The van der Waals surface area contributed by atoms with Crippen molar-refractivity contribution < 1.29 is 33.7 Å². The van der Waals surface area contributed by atoms with Crippen LogP contribution in [-0.2, 0) is 25.7 Å². The molecule has 0 saturated carbocycles. The van der Waals surface area contributed by atoms with Gasteiger partial charge in [0.25, 0.3) is 5.78 Å². The topological polar surface area (TPSA) is 99.1 Å². The number of ketones is 1. The van der Waals surface area contributed by atoms with Gasteiger partial charge in [0.1, 0.15) is 24.2 Å². The van der Waals surface area contributed by atoms with Crippen molar-refractivity contribution in [3.8, 4) is 11.5 Å². The van der Waals surface area contributed by atoms with Crippen molar-refractivity contribution in [3.63, 3.8) is 0 Å². The van der Waals surface area contributed by atoms with Crippen LogP contribution in [0.1, 0.15) is 18.9 Å². The van der Waals surface area contributed by atoms with Crippen molar-refractivity contribution in [1.82, 2.24) is 0 Å². The van der Waals surface area contributed by atoms with E-state index in [1.54, 1.807) is 43.3 Å². The molecule has 148 valence electrons. The van der Waals surface area contributed by atoms with E-state index in [2.05, 4.69) is 4.74 Å². The molecule has 8 heteroatoms. The van der Waals surface area contributed by atoms with Crippen LogP contribution in [0.4, 0.5) is 0 Å². The van der Waals surface area contributed by atoms with E-state index >= 15 is 0 Å². The Morgan fingerprint density at radius 3 is 2.21 bits per heavy atom. The second-order valence-electron chi connectivity index (χ2n) is 5.91. The molecule has 0 aliphatic rings. The summed E-state index contributed by atoms with van der Waals surface area (Å²) in [6.45, 7) is 1.26. The number of carboxylic acids is 1. The van der Waals surface area contributed by atoms with Gasteiger partial charge in [-0.15, -0.1) is 0 Å². The molecule has 7 nitrogen and oxygen atoms in total. The minimum atomic E-state index is -1.64. The van der Waals surface area contributed by atoms with E-state index in [0.29, 0.717) is 23.1 Å². The van der Waals surface area contributed by atoms with Crippen molar-refractivity contribution >= 4 is 29.3 Å². The Kier molecular flexibility index (Phi) is 7.83. The number of carboxylic acid groups (broad SMARTS) is 1. The molecule has 2 rings (SSSR count). The second kappa shape index (κ2) is 10.3. The maximum absolute atomic E-state index is 11.6. The highest BCUT2D eigenvalue weighted by Crippen LogP contribution is 2.20. The normalized spacial score (nSPS) is 11.4. The lowest BCUT2D eigenvalue weighted by Gasteiger charge is -2.14. The van der Waals surface area contributed by atoms with Gasteiger partial charge in [0, 0.05) is 5.02 Å². The van der Waals surface area contributed by atoms with Crippen molar-refractivity contribution in [1.29, 1.82) is 0 Å². The zero-order chi connectivity index (χ0) is 20.5. The Morgan fingerprint density at radius 2 is 1.61 bits per heavy atom. The fraction of sp³-hybridized carbons (Fsp3) is 0.250. The van der Waals surface area contributed by atoms with Gasteiger partial charge >= 0.3 is 11.9 Å². The fourth-order valence-electron chi connectivity index (χ4n) is 2.14. The highest BCUT2D eigenvalue weighted by molar-refractivity contribution is 6.33. The first-order valence-electron chi connectivity index (χ1n) is 8.39. The van der Waals surface area contributed by atoms with Gasteiger partial charge in [0.05, 0.1) is 6.42 Å². The van der Waals surface area contributed by atoms with Gasteiger partial charge in [0.15, 0.2) is 6.61 Å². The number of carbonyl (C=O) groups excluding carboxylic acids is 2. The van der Waals surface area contributed by atoms with Gasteiger partial charge in [-0.05, 0) is 48.9 Å². The third-order valence-electron chi connectivity index (χ3n) is 3.54. The summed E-state index contributed by atoms with van der Waals surface area (Å²) in [6.07, 6.45) is -0.643. The van der Waals surface area contributed by atoms with Crippen LogP contribution < -0.4 is 9.47 Å². The van der Waals surface area contributed by atoms with Gasteiger partial charge in [-0.3, -0.25) is 9.59 Å². The van der Waals surface area contributed by atoms with E-state index in [1.807, 2.05) is 12.1 Å². The summed E-state index contributed by atoms with van der Waals surface area (Å²) in [5.74, 6) is -2.36. The van der Waals surface area contributed by atoms with Crippen LogP contribution in [0.3, 0.4) is 0 Å². The Labute approximate surface area is 166 Å². The summed E-state index contributed by atoms with van der Waals surface area (Å²) < 4.78 is 15.9. The molecule has 28 heavy (non-hydrogen) atoms. The van der Waals surface area contributed by atoms with Crippen LogP contribution in [0, 0.1) is 0 Å². The highest BCUT2D eigenvalue weighted by Gasteiger charge is 2.17. The average Bonchev–Trinajstić information content (AvgIpc) is 2.66. The van der Waals surface area contributed by atoms with Crippen molar-refractivity contribution in [2.24, 2.45) is 0 Å². The molecule has 0 aliphatic heterocycles. The number of halogens is 1. The molecule has 1 N–H and O–H groups in total. The minimum Gasteiger partial charge on any atom is -0.490 e. The van der Waals surface area contributed by atoms with E-state index in [1.165, 1.54) is 0 Å². The molecule has 0 bridgehead atoms. The molecule has 0 heterocycles. The number of ether oxygens (including phenoxy) is 3. The molecule has 0 amide bonds. The van der Waals surface area contributed by atoms with Crippen molar-refractivity contribution in [3.05, 3.63) is 59.1 Å². The lowest BCUT2D eigenvalue weighted by Crippen LogP contribution is -2.24. The third kappa shape index (κ3) is 7.28. The predicted octanol–water partition coefficient (Wildman–Crippen LogP) is 3.27. The molecule has 0 aliphatic carbocycles. The molecule has 0 radical (unpaired) electrons. The smallest absolute Gasteiger partial charge is 0.375 e. The summed E-state index contributed by atoms with van der Waals surface area (Å²) in [7, 11) is 0. The van der Waals surface area contributed by atoms with Crippen LogP contribution in [0.25, 0.3) is 0 Å². The Balaban J connectivity index is 1.76. The number of esters is 1. The first kappa shape index (κ1) is 21.2. The number of rotatable bonds is 10. The Morgan fingerprint density at radius 1 is 1.00 bits per heavy atom. The third-order valence-corrected chi connectivity index (χ3v) is 3.79. The zero-order valence-electron chi connectivity index (χ0n) is 15.1. The van der Waals surface area contributed by atoms with Crippen LogP contribution in [0.15, 0.2) is 48.5 Å². The molecule has 1 unspecified atom stereocenters. The summed E-state index contributed by atoms with van der Waals surface area (Å²) in [5, 5.41) is 9.09. The van der Waals surface area contributed by atoms with Gasteiger partial charge < -0.3 is 19.3 Å². The first-order chi connectivity index (χ1) is 13.3. The van der Waals surface area contributed by atoms with Gasteiger partial charge in [-0.2, -0.15) is 0 Å². The molecule has 0 spiro atoms. The summed E-state index contributed by atoms with van der Waals surface area (Å²) >= 11 is 5.84. The number of Topliss-reactive ketones (excluding diaryl/α,β-unsaturated/α-hetero) is 1. The summed E-state index contributed by atoms with van der Waals surface area (Å²) in [4.78, 5) is 32.8. The molecular weight excluding hydrogens is 388 g/mol. The minimum absolute atomic E-state index is 0.123.